The van der Waals surface area contributed by atoms with E-state index in [0.29, 0.717) is 12.3 Å². The summed E-state index contributed by atoms with van der Waals surface area (Å²) in [5, 5.41) is 5.15. The number of esters is 1. The molecule has 0 saturated carbocycles. The fraction of sp³-hybridized carbons (Fsp3) is 0.471. The van der Waals surface area contributed by atoms with Gasteiger partial charge < -0.3 is 20.1 Å². The molecule has 24 heavy (non-hydrogen) atoms. The van der Waals surface area contributed by atoms with Gasteiger partial charge >= 0.3 is 5.97 Å². The Morgan fingerprint density at radius 3 is 2.58 bits per heavy atom. The maximum Gasteiger partial charge on any atom is 0.342 e. The predicted molar refractivity (Wildman–Crippen MR) is 88.9 cm³/mol. The Morgan fingerprint density at radius 2 is 1.96 bits per heavy atom. The van der Waals surface area contributed by atoms with Gasteiger partial charge in [0.2, 0.25) is 5.91 Å². The standard InChI is InChI=1S/C17H24N2O5/c1-5-8-18-16(21)12(3)19-15(20)10-24-17(22)13-9-11(2)6-7-14(13)23-4/h6-7,9,12H,5,8,10H2,1-4H3,(H,18,21)(H,19,20)/t12-/m0/s1. The van der Waals surface area contributed by atoms with Gasteiger partial charge in [0.15, 0.2) is 6.61 Å². The SMILES string of the molecule is CCCNC(=O)[C@H](C)NC(=O)COC(=O)c1cc(C)ccc1OC. The number of amides is 2. The lowest BCUT2D eigenvalue weighted by molar-refractivity contribution is -0.130. The lowest BCUT2D eigenvalue weighted by Gasteiger charge is -2.14. The molecule has 2 N–H and O–H groups in total. The van der Waals surface area contributed by atoms with Crippen LogP contribution in [0.4, 0.5) is 0 Å². The van der Waals surface area contributed by atoms with Crippen molar-refractivity contribution in [2.45, 2.75) is 33.2 Å². The molecule has 0 bridgehead atoms. The third-order valence-electron chi connectivity index (χ3n) is 3.23. The molecule has 132 valence electrons. The van der Waals surface area contributed by atoms with Gasteiger partial charge in [-0.15, -0.1) is 0 Å². The first-order valence-electron chi connectivity index (χ1n) is 7.77. The van der Waals surface area contributed by atoms with Gasteiger partial charge in [0, 0.05) is 6.54 Å². The number of methoxy groups -OCH3 is 1. The fourth-order valence-electron chi connectivity index (χ4n) is 1.94. The van der Waals surface area contributed by atoms with Crippen molar-refractivity contribution in [3.63, 3.8) is 0 Å². The number of nitrogens with one attached hydrogen (secondary N) is 2. The first-order chi connectivity index (χ1) is 11.4. The van der Waals surface area contributed by atoms with Gasteiger partial charge in [-0.2, -0.15) is 0 Å². The Labute approximate surface area is 141 Å². The van der Waals surface area contributed by atoms with Crippen LogP contribution in [0.15, 0.2) is 18.2 Å². The molecule has 1 rings (SSSR count). The molecule has 2 amide bonds. The van der Waals surface area contributed by atoms with Gasteiger partial charge in [0.1, 0.15) is 17.4 Å². The van der Waals surface area contributed by atoms with Crippen molar-refractivity contribution in [1.82, 2.24) is 10.6 Å². The highest BCUT2D eigenvalue weighted by Gasteiger charge is 2.18. The van der Waals surface area contributed by atoms with Crippen LogP contribution < -0.4 is 15.4 Å². The van der Waals surface area contributed by atoms with Gasteiger partial charge in [-0.25, -0.2) is 4.79 Å². The molecule has 0 saturated heterocycles. The summed E-state index contributed by atoms with van der Waals surface area (Å²) in [6, 6.07) is 4.39. The molecular formula is C17H24N2O5. The number of aryl methyl sites for hydroxylation is 1. The summed E-state index contributed by atoms with van der Waals surface area (Å²) in [6.45, 7) is 5.40. The Hall–Kier alpha value is -2.57. The number of rotatable bonds is 8. The van der Waals surface area contributed by atoms with Crippen LogP contribution in [-0.2, 0) is 14.3 Å². The van der Waals surface area contributed by atoms with Crippen LogP contribution in [0, 0.1) is 6.92 Å². The molecule has 0 fully saturated rings. The highest BCUT2D eigenvalue weighted by molar-refractivity contribution is 5.94. The monoisotopic (exact) mass is 336 g/mol. The summed E-state index contributed by atoms with van der Waals surface area (Å²) in [5.74, 6) is -1.11. The van der Waals surface area contributed by atoms with Gasteiger partial charge in [-0.1, -0.05) is 18.6 Å². The molecule has 1 aromatic rings. The van der Waals surface area contributed by atoms with Crippen molar-refractivity contribution in [1.29, 1.82) is 0 Å². The maximum absolute atomic E-state index is 12.1. The number of carbonyl (C=O) groups excluding carboxylic acids is 3. The van der Waals surface area contributed by atoms with E-state index in [1.807, 2.05) is 13.8 Å². The molecule has 0 aliphatic carbocycles. The van der Waals surface area contributed by atoms with Crippen LogP contribution in [0.3, 0.4) is 0 Å². The average molecular weight is 336 g/mol. The van der Waals surface area contributed by atoms with E-state index in [-0.39, 0.29) is 11.5 Å². The van der Waals surface area contributed by atoms with Gasteiger partial charge in [0.05, 0.1) is 7.11 Å². The van der Waals surface area contributed by atoms with E-state index >= 15 is 0 Å². The van der Waals surface area contributed by atoms with Crippen LogP contribution in [0.1, 0.15) is 36.2 Å². The van der Waals surface area contributed by atoms with Crippen LogP contribution >= 0.6 is 0 Å². The molecule has 7 heteroatoms. The molecule has 0 heterocycles. The third-order valence-corrected chi connectivity index (χ3v) is 3.23. The summed E-state index contributed by atoms with van der Waals surface area (Å²) in [7, 11) is 1.45. The topological polar surface area (TPSA) is 93.7 Å². The molecule has 0 aliphatic heterocycles. The first-order valence-corrected chi connectivity index (χ1v) is 7.77. The Bertz CT molecular complexity index is 601. The van der Waals surface area contributed by atoms with Gasteiger partial charge in [-0.05, 0) is 32.4 Å². The van der Waals surface area contributed by atoms with E-state index in [1.165, 1.54) is 7.11 Å². The molecule has 0 spiro atoms. The lowest BCUT2D eigenvalue weighted by atomic mass is 10.1. The number of carbonyl (C=O) groups is 3. The fourth-order valence-corrected chi connectivity index (χ4v) is 1.94. The summed E-state index contributed by atoms with van der Waals surface area (Å²) < 4.78 is 10.1. The highest BCUT2D eigenvalue weighted by Crippen LogP contribution is 2.20. The van der Waals surface area contributed by atoms with Crippen molar-refractivity contribution in [3.8, 4) is 5.75 Å². The molecular weight excluding hydrogens is 312 g/mol. The van der Waals surface area contributed by atoms with E-state index in [1.54, 1.807) is 25.1 Å². The number of benzene rings is 1. The average Bonchev–Trinajstić information content (AvgIpc) is 2.57. The van der Waals surface area contributed by atoms with Crippen molar-refractivity contribution < 1.29 is 23.9 Å². The molecule has 0 unspecified atom stereocenters. The second-order valence-electron chi connectivity index (χ2n) is 5.36. The summed E-state index contributed by atoms with van der Waals surface area (Å²) >= 11 is 0. The maximum atomic E-state index is 12.1. The third kappa shape index (κ3) is 5.91. The second kappa shape index (κ2) is 9.54. The van der Waals surface area contributed by atoms with E-state index in [4.69, 9.17) is 9.47 Å². The highest BCUT2D eigenvalue weighted by atomic mass is 16.5. The molecule has 0 aromatic heterocycles. The van der Waals surface area contributed by atoms with Crippen LogP contribution in [-0.4, -0.2) is 44.1 Å². The quantitative estimate of drug-likeness (QED) is 0.696. The zero-order chi connectivity index (χ0) is 18.1. The number of hydrogen-bond donors (Lipinski definition) is 2. The second-order valence-corrected chi connectivity index (χ2v) is 5.36. The lowest BCUT2D eigenvalue weighted by Crippen LogP contribution is -2.46. The first kappa shape index (κ1) is 19.5. The van der Waals surface area contributed by atoms with Crippen LogP contribution in [0.25, 0.3) is 0 Å². The zero-order valence-corrected chi connectivity index (χ0v) is 14.5. The molecule has 0 aliphatic rings. The zero-order valence-electron chi connectivity index (χ0n) is 14.5. The minimum atomic E-state index is -0.698. The Kier molecular flexibility index (Phi) is 7.74. The minimum Gasteiger partial charge on any atom is -0.496 e. The largest absolute Gasteiger partial charge is 0.496 e. The molecule has 1 aromatic carbocycles. The van der Waals surface area contributed by atoms with Crippen molar-refractivity contribution in [2.75, 3.05) is 20.3 Å². The molecule has 7 nitrogen and oxygen atoms in total. The van der Waals surface area contributed by atoms with E-state index in [0.717, 1.165) is 12.0 Å². The summed E-state index contributed by atoms with van der Waals surface area (Å²) in [5.41, 5.74) is 1.12. The predicted octanol–water partition coefficient (Wildman–Crippen LogP) is 1.19. The van der Waals surface area contributed by atoms with E-state index in [9.17, 15) is 14.4 Å². The smallest absolute Gasteiger partial charge is 0.342 e. The van der Waals surface area contributed by atoms with E-state index in [2.05, 4.69) is 10.6 Å². The molecule has 1 atom stereocenters. The molecule has 0 radical (unpaired) electrons. The van der Waals surface area contributed by atoms with Crippen molar-refractivity contribution >= 4 is 17.8 Å². The summed E-state index contributed by atoms with van der Waals surface area (Å²) in [6.07, 6.45) is 0.808. The number of ether oxygens (including phenoxy) is 2. The summed E-state index contributed by atoms with van der Waals surface area (Å²) in [4.78, 5) is 35.5. The minimum absolute atomic E-state index is 0.249. The van der Waals surface area contributed by atoms with Gasteiger partial charge in [0.25, 0.3) is 5.91 Å². The van der Waals surface area contributed by atoms with Gasteiger partial charge in [-0.3, -0.25) is 9.59 Å². The van der Waals surface area contributed by atoms with Crippen LogP contribution in [0.2, 0.25) is 0 Å². The van der Waals surface area contributed by atoms with Crippen molar-refractivity contribution in [3.05, 3.63) is 29.3 Å². The van der Waals surface area contributed by atoms with Crippen molar-refractivity contribution in [2.24, 2.45) is 0 Å². The normalized spacial score (nSPS) is 11.3. The number of hydrogen-bond acceptors (Lipinski definition) is 5. The Morgan fingerprint density at radius 1 is 1.25 bits per heavy atom. The van der Waals surface area contributed by atoms with Crippen LogP contribution in [0.5, 0.6) is 5.75 Å². The Balaban J connectivity index is 2.54. The van der Waals surface area contributed by atoms with E-state index < -0.39 is 24.5 Å².